The number of nitro benzene ring substituents is 1. The zero-order valence-electron chi connectivity index (χ0n) is 11.7. The van der Waals surface area contributed by atoms with Crippen molar-refractivity contribution in [1.29, 1.82) is 0 Å². The Morgan fingerprint density at radius 1 is 1.41 bits per heavy atom. The molecule has 1 N–H and O–H groups in total. The van der Waals surface area contributed by atoms with Crippen molar-refractivity contribution in [1.82, 2.24) is 9.88 Å². The van der Waals surface area contributed by atoms with Crippen LogP contribution in [0.3, 0.4) is 0 Å². The molecule has 0 saturated carbocycles. The Morgan fingerprint density at radius 3 is 2.55 bits per heavy atom. The van der Waals surface area contributed by atoms with E-state index in [2.05, 4.69) is 4.98 Å². The van der Waals surface area contributed by atoms with Crippen LogP contribution in [-0.4, -0.2) is 34.0 Å². The topological polar surface area (TPSA) is 79.5 Å². The van der Waals surface area contributed by atoms with Crippen molar-refractivity contribution in [2.45, 2.75) is 12.7 Å². The van der Waals surface area contributed by atoms with Gasteiger partial charge in [-0.2, -0.15) is 13.2 Å². The molecule has 22 heavy (non-hydrogen) atoms. The van der Waals surface area contributed by atoms with E-state index in [-0.39, 0.29) is 17.5 Å². The maximum atomic E-state index is 13.2. The minimum Gasteiger partial charge on any atom is -0.501 e. The number of hydrogen-bond acceptors (Lipinski definition) is 5. The molecule has 118 valence electrons. The fourth-order valence-corrected chi connectivity index (χ4v) is 2.23. The lowest BCUT2D eigenvalue weighted by Gasteiger charge is -2.17. The number of fused-ring (bicyclic) bond motifs is 1. The zero-order valence-corrected chi connectivity index (χ0v) is 11.7. The van der Waals surface area contributed by atoms with Gasteiger partial charge in [-0.1, -0.05) is 0 Å². The van der Waals surface area contributed by atoms with Gasteiger partial charge in [0.15, 0.2) is 0 Å². The molecule has 0 bridgehead atoms. The van der Waals surface area contributed by atoms with Gasteiger partial charge in [-0.05, 0) is 25.7 Å². The number of aromatic hydroxyl groups is 1. The average molecular weight is 315 g/mol. The minimum atomic E-state index is -4.66. The monoisotopic (exact) mass is 315 g/mol. The van der Waals surface area contributed by atoms with Crippen molar-refractivity contribution >= 4 is 16.6 Å². The van der Waals surface area contributed by atoms with E-state index in [1.54, 1.807) is 19.0 Å². The second kappa shape index (κ2) is 5.41. The highest BCUT2D eigenvalue weighted by Crippen LogP contribution is 2.42. The van der Waals surface area contributed by atoms with Crippen LogP contribution in [0.5, 0.6) is 5.75 Å². The Morgan fingerprint density at radius 2 is 2.05 bits per heavy atom. The van der Waals surface area contributed by atoms with Gasteiger partial charge in [0.25, 0.3) is 0 Å². The molecule has 0 aliphatic rings. The predicted octanol–water partition coefficient (Wildman–Crippen LogP) is 2.93. The Balaban J connectivity index is 2.93. The molecule has 0 saturated heterocycles. The lowest BCUT2D eigenvalue weighted by atomic mass is 10.0. The number of halogens is 3. The van der Waals surface area contributed by atoms with E-state index in [9.17, 15) is 28.4 Å². The van der Waals surface area contributed by atoms with Gasteiger partial charge in [0.05, 0.1) is 10.5 Å². The van der Waals surface area contributed by atoms with Crippen LogP contribution in [0.15, 0.2) is 18.3 Å². The first-order valence-electron chi connectivity index (χ1n) is 6.12. The molecule has 0 amide bonds. The maximum absolute atomic E-state index is 13.2. The number of phenols is 1. The van der Waals surface area contributed by atoms with Crippen LogP contribution in [0.1, 0.15) is 11.1 Å². The Kier molecular flexibility index (Phi) is 3.92. The summed E-state index contributed by atoms with van der Waals surface area (Å²) in [7, 11) is 3.24. The third-order valence-electron chi connectivity index (χ3n) is 3.04. The summed E-state index contributed by atoms with van der Waals surface area (Å²) in [5, 5.41) is 20.5. The molecule has 0 unspecified atom stereocenters. The summed E-state index contributed by atoms with van der Waals surface area (Å²) in [6, 6.07) is 1.74. The van der Waals surface area contributed by atoms with Crippen molar-refractivity contribution in [2.75, 3.05) is 14.1 Å². The van der Waals surface area contributed by atoms with E-state index in [0.29, 0.717) is 0 Å². The quantitative estimate of drug-likeness (QED) is 0.696. The van der Waals surface area contributed by atoms with Gasteiger partial charge < -0.3 is 10.0 Å². The fraction of sp³-hybridized carbons (Fsp3) is 0.308. The summed E-state index contributed by atoms with van der Waals surface area (Å²) in [5.74, 6) is -0.867. The second-order valence-electron chi connectivity index (χ2n) is 4.98. The van der Waals surface area contributed by atoms with Crippen LogP contribution in [0.2, 0.25) is 0 Å². The van der Waals surface area contributed by atoms with E-state index in [1.807, 2.05) is 0 Å². The molecule has 0 aliphatic carbocycles. The van der Waals surface area contributed by atoms with Gasteiger partial charge in [0.1, 0.15) is 5.52 Å². The molecule has 2 rings (SSSR count). The third kappa shape index (κ3) is 2.80. The van der Waals surface area contributed by atoms with Crippen LogP contribution < -0.4 is 0 Å². The molecule has 2 aromatic rings. The van der Waals surface area contributed by atoms with Gasteiger partial charge in [0, 0.05) is 24.2 Å². The molecular weight excluding hydrogens is 303 g/mol. The Labute approximate surface area is 122 Å². The number of alkyl halides is 3. The van der Waals surface area contributed by atoms with Gasteiger partial charge in [-0.25, -0.2) is 0 Å². The normalized spacial score (nSPS) is 12.1. The Bertz CT molecular complexity index is 745. The molecule has 0 spiro atoms. The molecule has 6 nitrogen and oxygen atoms in total. The number of nitrogens with zero attached hydrogens (tertiary/aromatic N) is 3. The predicted molar refractivity (Wildman–Crippen MR) is 72.5 cm³/mol. The first-order valence-corrected chi connectivity index (χ1v) is 6.12. The number of pyridine rings is 1. The van der Waals surface area contributed by atoms with Gasteiger partial charge in [-0.15, -0.1) is 0 Å². The highest BCUT2D eigenvalue weighted by atomic mass is 19.4. The fourth-order valence-electron chi connectivity index (χ4n) is 2.23. The maximum Gasteiger partial charge on any atom is 0.417 e. The summed E-state index contributed by atoms with van der Waals surface area (Å²) >= 11 is 0. The molecule has 0 atom stereocenters. The number of aromatic nitrogens is 1. The van der Waals surface area contributed by atoms with Gasteiger partial charge in [-0.3, -0.25) is 15.1 Å². The van der Waals surface area contributed by atoms with Gasteiger partial charge in [0.2, 0.25) is 5.75 Å². The van der Waals surface area contributed by atoms with E-state index >= 15 is 0 Å². The van der Waals surface area contributed by atoms with Crippen molar-refractivity contribution in [3.8, 4) is 5.75 Å². The van der Waals surface area contributed by atoms with Crippen molar-refractivity contribution in [3.63, 3.8) is 0 Å². The van der Waals surface area contributed by atoms with Crippen LogP contribution >= 0.6 is 0 Å². The van der Waals surface area contributed by atoms with Crippen LogP contribution in [0.4, 0.5) is 18.9 Å². The summed E-state index contributed by atoms with van der Waals surface area (Å²) in [6.07, 6.45) is -3.79. The van der Waals surface area contributed by atoms with Crippen molar-refractivity contribution in [3.05, 3.63) is 39.6 Å². The first kappa shape index (κ1) is 16.0. The number of nitro groups is 1. The first-order chi connectivity index (χ1) is 10.1. The van der Waals surface area contributed by atoms with E-state index in [4.69, 9.17) is 0 Å². The standard InChI is InChI=1S/C13H12F3N3O3/c1-18(2)6-7-5-9(19(21)22)12(20)11-10(7)8(3-4-17-11)13(14,15)16/h3-5,20H,6H2,1-2H3. The van der Waals surface area contributed by atoms with E-state index < -0.39 is 33.6 Å². The summed E-state index contributed by atoms with van der Waals surface area (Å²) in [4.78, 5) is 15.4. The lowest BCUT2D eigenvalue weighted by Crippen LogP contribution is -2.14. The number of benzene rings is 1. The second-order valence-corrected chi connectivity index (χ2v) is 4.98. The van der Waals surface area contributed by atoms with Gasteiger partial charge >= 0.3 is 11.9 Å². The molecule has 9 heteroatoms. The highest BCUT2D eigenvalue weighted by molar-refractivity contribution is 5.93. The van der Waals surface area contributed by atoms with E-state index in [0.717, 1.165) is 18.3 Å². The number of phenolic OH excluding ortho intramolecular Hbond substituents is 1. The van der Waals surface area contributed by atoms with Crippen LogP contribution in [0.25, 0.3) is 10.9 Å². The lowest BCUT2D eigenvalue weighted by molar-refractivity contribution is -0.385. The van der Waals surface area contributed by atoms with Crippen LogP contribution in [0, 0.1) is 10.1 Å². The van der Waals surface area contributed by atoms with E-state index in [1.165, 1.54) is 0 Å². The smallest absolute Gasteiger partial charge is 0.417 e. The largest absolute Gasteiger partial charge is 0.501 e. The van der Waals surface area contributed by atoms with Crippen molar-refractivity contribution < 1.29 is 23.2 Å². The van der Waals surface area contributed by atoms with Crippen molar-refractivity contribution in [2.24, 2.45) is 0 Å². The molecular formula is C13H12F3N3O3. The molecule has 1 aromatic heterocycles. The minimum absolute atomic E-state index is 0.0341. The molecule has 1 heterocycles. The SMILES string of the molecule is CN(C)Cc1cc([N+](=O)[O-])c(O)c2nccc(C(F)(F)F)c12. The van der Waals surface area contributed by atoms with Crippen LogP contribution in [-0.2, 0) is 12.7 Å². The summed E-state index contributed by atoms with van der Waals surface area (Å²) < 4.78 is 39.5. The molecule has 0 radical (unpaired) electrons. The third-order valence-corrected chi connectivity index (χ3v) is 3.04. The Hall–Kier alpha value is -2.42. The number of hydrogen-bond donors (Lipinski definition) is 1. The average Bonchev–Trinajstić information content (AvgIpc) is 2.39. The summed E-state index contributed by atoms with van der Waals surface area (Å²) in [5.41, 5.74) is -2.01. The highest BCUT2D eigenvalue weighted by Gasteiger charge is 2.35. The molecule has 0 fully saturated rings. The number of rotatable bonds is 3. The molecule has 0 aliphatic heterocycles. The summed E-state index contributed by atoms with van der Waals surface area (Å²) in [6.45, 7) is 0.0341. The zero-order chi connectivity index (χ0) is 16.7. The molecule has 1 aromatic carbocycles.